The summed E-state index contributed by atoms with van der Waals surface area (Å²) in [6, 6.07) is 4.38. The summed E-state index contributed by atoms with van der Waals surface area (Å²) in [5, 5.41) is 5.65. The molecule has 124 valence electrons. The van der Waals surface area contributed by atoms with Crippen molar-refractivity contribution in [2.75, 3.05) is 33.4 Å². The highest BCUT2D eigenvalue weighted by Crippen LogP contribution is 2.18. The van der Waals surface area contributed by atoms with E-state index in [1.54, 1.807) is 7.11 Å². The van der Waals surface area contributed by atoms with E-state index in [1.807, 2.05) is 0 Å². The molecular weight excluding hydrogens is 318 g/mol. The molecule has 0 unspecified atom stereocenters. The summed E-state index contributed by atoms with van der Waals surface area (Å²) in [5.41, 5.74) is 0.199. The van der Waals surface area contributed by atoms with Gasteiger partial charge in [-0.3, -0.25) is 4.79 Å². The first-order chi connectivity index (χ1) is 10.4. The first-order valence-corrected chi connectivity index (χ1v) is 8.04. The molecule has 1 aromatic carbocycles. The van der Waals surface area contributed by atoms with Crippen LogP contribution in [0.4, 0.5) is 8.78 Å². The number of hydrogen-bond donors (Lipinski definition) is 2. The van der Waals surface area contributed by atoms with E-state index in [-0.39, 0.29) is 5.56 Å². The number of rotatable bonds is 9. The third-order valence-corrected chi connectivity index (χ3v) is 4.15. The Balaban J connectivity index is 2.51. The zero-order valence-electron chi connectivity index (χ0n) is 12.0. The van der Waals surface area contributed by atoms with Gasteiger partial charge in [0.15, 0.2) is 0 Å². The highest BCUT2D eigenvalue weighted by molar-refractivity contribution is 7.91. The molecule has 0 heterocycles. The lowest BCUT2D eigenvalue weighted by atomic mass is 10.2. The van der Waals surface area contributed by atoms with E-state index in [4.69, 9.17) is 4.74 Å². The van der Waals surface area contributed by atoms with Gasteiger partial charge in [-0.2, -0.15) is 8.78 Å². The first-order valence-electron chi connectivity index (χ1n) is 6.49. The van der Waals surface area contributed by atoms with Gasteiger partial charge < -0.3 is 15.4 Å². The van der Waals surface area contributed by atoms with Crippen LogP contribution in [0.15, 0.2) is 29.2 Å². The van der Waals surface area contributed by atoms with E-state index in [1.165, 1.54) is 12.1 Å². The standard InChI is InChI=1S/C13H18F2N2O4S/c1-21-9-8-16-6-7-17-12(18)10-2-4-11(5-3-10)22(19,20)13(14)15/h2-5,13,16H,6-9H2,1H3,(H,17,18). The topological polar surface area (TPSA) is 84.5 Å². The van der Waals surface area contributed by atoms with Gasteiger partial charge in [0.2, 0.25) is 9.84 Å². The number of carbonyl (C=O) groups excluding carboxylic acids is 1. The Morgan fingerprint density at radius 2 is 1.82 bits per heavy atom. The number of halogens is 2. The summed E-state index contributed by atoms with van der Waals surface area (Å²) in [6.07, 6.45) is 0. The largest absolute Gasteiger partial charge is 0.383 e. The van der Waals surface area contributed by atoms with Crippen molar-refractivity contribution in [3.63, 3.8) is 0 Å². The van der Waals surface area contributed by atoms with Crippen LogP contribution in [0.3, 0.4) is 0 Å². The lowest BCUT2D eigenvalue weighted by Gasteiger charge is -2.07. The minimum absolute atomic E-state index is 0.199. The first kappa shape index (κ1) is 18.5. The monoisotopic (exact) mass is 336 g/mol. The molecule has 0 aliphatic rings. The molecule has 1 aromatic rings. The molecule has 0 saturated heterocycles. The Kier molecular flexibility index (Phi) is 7.36. The Hall–Kier alpha value is -1.58. The summed E-state index contributed by atoms with van der Waals surface area (Å²) in [7, 11) is -3.05. The second kappa shape index (κ2) is 8.76. The molecule has 1 amide bonds. The van der Waals surface area contributed by atoms with E-state index >= 15 is 0 Å². The fourth-order valence-electron chi connectivity index (χ4n) is 1.56. The summed E-state index contributed by atoms with van der Waals surface area (Å²) >= 11 is 0. The van der Waals surface area contributed by atoms with Crippen molar-refractivity contribution in [3.05, 3.63) is 29.8 Å². The predicted molar refractivity (Wildman–Crippen MR) is 76.7 cm³/mol. The van der Waals surface area contributed by atoms with Gasteiger partial charge in [0.05, 0.1) is 11.5 Å². The number of amides is 1. The van der Waals surface area contributed by atoms with E-state index in [2.05, 4.69) is 10.6 Å². The van der Waals surface area contributed by atoms with Crippen LogP contribution in [0.25, 0.3) is 0 Å². The predicted octanol–water partition coefficient (Wildman–Crippen LogP) is 0.649. The zero-order valence-corrected chi connectivity index (χ0v) is 12.8. The van der Waals surface area contributed by atoms with Crippen molar-refractivity contribution in [2.45, 2.75) is 10.7 Å². The summed E-state index contributed by atoms with van der Waals surface area (Å²) < 4.78 is 52.1. The molecule has 0 aliphatic carbocycles. The SMILES string of the molecule is COCCNCCNC(=O)c1ccc(S(=O)(=O)C(F)F)cc1. The van der Waals surface area contributed by atoms with E-state index < -0.39 is 26.4 Å². The van der Waals surface area contributed by atoms with Gasteiger partial charge in [-0.1, -0.05) is 0 Å². The Morgan fingerprint density at radius 3 is 2.36 bits per heavy atom. The van der Waals surface area contributed by atoms with Crippen molar-refractivity contribution in [1.82, 2.24) is 10.6 Å². The zero-order chi connectivity index (χ0) is 16.6. The Labute approximate surface area is 127 Å². The second-order valence-corrected chi connectivity index (χ2v) is 6.25. The minimum Gasteiger partial charge on any atom is -0.383 e. The maximum Gasteiger partial charge on any atom is 0.341 e. The van der Waals surface area contributed by atoms with Gasteiger partial charge >= 0.3 is 5.76 Å². The minimum atomic E-state index is -4.64. The maximum atomic E-state index is 12.4. The fraction of sp³-hybridized carbons (Fsp3) is 0.462. The molecule has 9 heteroatoms. The van der Waals surface area contributed by atoms with Crippen molar-refractivity contribution in [2.24, 2.45) is 0 Å². The number of sulfone groups is 1. The molecular formula is C13H18F2N2O4S. The number of hydrogen-bond acceptors (Lipinski definition) is 5. The number of carbonyl (C=O) groups is 1. The van der Waals surface area contributed by atoms with Gasteiger partial charge in [-0.15, -0.1) is 0 Å². The van der Waals surface area contributed by atoms with Crippen LogP contribution in [-0.4, -0.2) is 53.4 Å². The second-order valence-electron chi connectivity index (χ2n) is 4.33. The molecule has 6 nitrogen and oxygen atoms in total. The lowest BCUT2D eigenvalue weighted by Crippen LogP contribution is -2.33. The van der Waals surface area contributed by atoms with E-state index in [0.717, 1.165) is 12.1 Å². The van der Waals surface area contributed by atoms with Crippen LogP contribution in [0, 0.1) is 0 Å². The van der Waals surface area contributed by atoms with Crippen LogP contribution < -0.4 is 10.6 Å². The molecule has 0 spiro atoms. The maximum absolute atomic E-state index is 12.4. The molecule has 0 aliphatic heterocycles. The third-order valence-electron chi connectivity index (χ3n) is 2.75. The quantitative estimate of drug-likeness (QED) is 0.647. The number of benzene rings is 1. The summed E-state index contributed by atoms with van der Waals surface area (Å²) in [6.45, 7) is 2.15. The number of methoxy groups -OCH3 is 1. The summed E-state index contributed by atoms with van der Waals surface area (Å²) in [5.74, 6) is -3.89. The average Bonchev–Trinajstić information content (AvgIpc) is 2.50. The van der Waals surface area contributed by atoms with Crippen LogP contribution >= 0.6 is 0 Å². The molecule has 0 bridgehead atoms. The molecule has 2 N–H and O–H groups in total. The van der Waals surface area contributed by atoms with E-state index in [0.29, 0.717) is 26.2 Å². The highest BCUT2D eigenvalue weighted by atomic mass is 32.2. The van der Waals surface area contributed by atoms with Crippen LogP contribution in [0.5, 0.6) is 0 Å². The number of nitrogens with one attached hydrogen (secondary N) is 2. The van der Waals surface area contributed by atoms with Gasteiger partial charge in [0.1, 0.15) is 0 Å². The molecule has 0 atom stereocenters. The molecule has 22 heavy (non-hydrogen) atoms. The number of alkyl halides is 2. The average molecular weight is 336 g/mol. The molecule has 0 aromatic heterocycles. The van der Waals surface area contributed by atoms with Gasteiger partial charge in [0, 0.05) is 32.3 Å². The van der Waals surface area contributed by atoms with Gasteiger partial charge in [-0.25, -0.2) is 8.42 Å². The lowest BCUT2D eigenvalue weighted by molar-refractivity contribution is 0.0953. The van der Waals surface area contributed by atoms with Crippen LogP contribution in [0.2, 0.25) is 0 Å². The van der Waals surface area contributed by atoms with Crippen molar-refractivity contribution < 1.29 is 26.7 Å². The third kappa shape index (κ3) is 5.32. The smallest absolute Gasteiger partial charge is 0.341 e. The van der Waals surface area contributed by atoms with Crippen molar-refractivity contribution in [3.8, 4) is 0 Å². The van der Waals surface area contributed by atoms with E-state index in [9.17, 15) is 22.0 Å². The molecule has 0 saturated carbocycles. The van der Waals surface area contributed by atoms with Gasteiger partial charge in [-0.05, 0) is 24.3 Å². The number of ether oxygens (including phenoxy) is 1. The Bertz CT molecular complexity index is 576. The van der Waals surface area contributed by atoms with Crippen LogP contribution in [-0.2, 0) is 14.6 Å². The summed E-state index contributed by atoms with van der Waals surface area (Å²) in [4.78, 5) is 11.3. The van der Waals surface area contributed by atoms with Crippen molar-refractivity contribution >= 4 is 15.7 Å². The van der Waals surface area contributed by atoms with Crippen LogP contribution in [0.1, 0.15) is 10.4 Å². The fourth-order valence-corrected chi connectivity index (χ4v) is 2.29. The van der Waals surface area contributed by atoms with Gasteiger partial charge in [0.25, 0.3) is 5.91 Å². The molecule has 1 rings (SSSR count). The highest BCUT2D eigenvalue weighted by Gasteiger charge is 2.26. The molecule has 0 radical (unpaired) electrons. The molecule has 0 fully saturated rings. The normalized spacial score (nSPS) is 11.6. The Morgan fingerprint density at radius 1 is 1.18 bits per heavy atom. The van der Waals surface area contributed by atoms with Crippen molar-refractivity contribution in [1.29, 1.82) is 0 Å².